The number of rotatable bonds is 6. The van der Waals surface area contributed by atoms with Crippen molar-refractivity contribution in [2.24, 2.45) is 0 Å². The Labute approximate surface area is 125 Å². The first-order valence-corrected chi connectivity index (χ1v) is 8.14. The van der Waals surface area contributed by atoms with Gasteiger partial charge in [0.15, 0.2) is 0 Å². The van der Waals surface area contributed by atoms with Crippen molar-refractivity contribution in [3.05, 3.63) is 16.1 Å². The van der Waals surface area contributed by atoms with E-state index in [1.165, 1.54) is 11.3 Å². The normalized spacial score (nSPS) is 17.3. The summed E-state index contributed by atoms with van der Waals surface area (Å²) in [6, 6.07) is 0. The SMILES string of the molecule is CCc1ncc(C(=O)NCCCN2CCN(C)CC2)s1. The van der Waals surface area contributed by atoms with Gasteiger partial charge >= 0.3 is 0 Å². The maximum Gasteiger partial charge on any atom is 0.263 e. The van der Waals surface area contributed by atoms with Gasteiger partial charge in [-0.2, -0.15) is 0 Å². The lowest BCUT2D eigenvalue weighted by Gasteiger charge is -2.32. The maximum atomic E-state index is 11.9. The quantitative estimate of drug-likeness (QED) is 0.798. The molecule has 1 aromatic rings. The van der Waals surface area contributed by atoms with Crippen molar-refractivity contribution in [2.75, 3.05) is 46.3 Å². The highest BCUT2D eigenvalue weighted by atomic mass is 32.1. The Balaban J connectivity index is 1.62. The Bertz CT molecular complexity index is 427. The van der Waals surface area contributed by atoms with Crippen LogP contribution in [0.15, 0.2) is 6.20 Å². The first kappa shape index (κ1) is 15.4. The van der Waals surface area contributed by atoms with Crippen LogP contribution in [0.3, 0.4) is 0 Å². The molecule has 0 radical (unpaired) electrons. The molecule has 0 atom stereocenters. The minimum atomic E-state index is 0.0144. The zero-order chi connectivity index (χ0) is 14.4. The van der Waals surface area contributed by atoms with Gasteiger partial charge in [0.25, 0.3) is 5.91 Å². The van der Waals surface area contributed by atoms with E-state index in [0.29, 0.717) is 0 Å². The molecule has 0 spiro atoms. The molecule has 0 unspecified atom stereocenters. The monoisotopic (exact) mass is 296 g/mol. The van der Waals surface area contributed by atoms with E-state index in [4.69, 9.17) is 0 Å². The van der Waals surface area contributed by atoms with E-state index in [0.717, 1.165) is 62.0 Å². The number of hydrogen-bond donors (Lipinski definition) is 1. The van der Waals surface area contributed by atoms with Crippen molar-refractivity contribution in [3.8, 4) is 0 Å². The van der Waals surface area contributed by atoms with Gasteiger partial charge in [-0.1, -0.05) is 6.92 Å². The van der Waals surface area contributed by atoms with E-state index in [2.05, 4.69) is 34.1 Å². The van der Waals surface area contributed by atoms with Gasteiger partial charge < -0.3 is 15.1 Å². The van der Waals surface area contributed by atoms with Crippen molar-refractivity contribution in [3.63, 3.8) is 0 Å². The lowest BCUT2D eigenvalue weighted by molar-refractivity contribution is 0.0953. The van der Waals surface area contributed by atoms with Crippen LogP contribution < -0.4 is 5.32 Å². The summed E-state index contributed by atoms with van der Waals surface area (Å²) in [6.45, 7) is 8.43. The van der Waals surface area contributed by atoms with Gasteiger partial charge in [0.1, 0.15) is 4.88 Å². The third-order valence-corrected chi connectivity index (χ3v) is 4.75. The van der Waals surface area contributed by atoms with Crippen molar-refractivity contribution < 1.29 is 4.79 Å². The summed E-state index contributed by atoms with van der Waals surface area (Å²) in [6.07, 6.45) is 3.58. The molecule has 1 saturated heterocycles. The second kappa shape index (κ2) is 7.71. The first-order chi connectivity index (χ1) is 9.69. The first-order valence-electron chi connectivity index (χ1n) is 7.33. The predicted octanol–water partition coefficient (Wildman–Crippen LogP) is 1.07. The molecule has 0 saturated carbocycles. The van der Waals surface area contributed by atoms with Crippen LogP contribution in [-0.2, 0) is 6.42 Å². The summed E-state index contributed by atoms with van der Waals surface area (Å²) in [7, 11) is 2.16. The molecule has 1 amide bonds. The van der Waals surface area contributed by atoms with Gasteiger partial charge in [0.2, 0.25) is 0 Å². The number of aromatic nitrogens is 1. The van der Waals surface area contributed by atoms with Crippen LogP contribution >= 0.6 is 11.3 Å². The van der Waals surface area contributed by atoms with Crippen molar-refractivity contribution in [1.29, 1.82) is 0 Å². The molecular weight excluding hydrogens is 272 g/mol. The molecule has 20 heavy (non-hydrogen) atoms. The third kappa shape index (κ3) is 4.54. The summed E-state index contributed by atoms with van der Waals surface area (Å²) in [5.41, 5.74) is 0. The van der Waals surface area contributed by atoms with Crippen LogP contribution in [0.1, 0.15) is 28.0 Å². The predicted molar refractivity (Wildman–Crippen MR) is 82.4 cm³/mol. The molecule has 1 aliphatic heterocycles. The summed E-state index contributed by atoms with van der Waals surface area (Å²) < 4.78 is 0. The highest BCUT2D eigenvalue weighted by Gasteiger charge is 2.13. The number of nitrogens with zero attached hydrogens (tertiary/aromatic N) is 3. The molecule has 5 nitrogen and oxygen atoms in total. The molecule has 1 N–H and O–H groups in total. The number of carbonyl (C=O) groups excluding carboxylic acids is 1. The number of hydrogen-bond acceptors (Lipinski definition) is 5. The van der Waals surface area contributed by atoms with Gasteiger partial charge in [-0.3, -0.25) is 4.79 Å². The van der Waals surface area contributed by atoms with Gasteiger partial charge in [-0.15, -0.1) is 11.3 Å². The highest BCUT2D eigenvalue weighted by molar-refractivity contribution is 7.13. The van der Waals surface area contributed by atoms with E-state index in [1.54, 1.807) is 6.20 Å². The molecule has 112 valence electrons. The maximum absolute atomic E-state index is 11.9. The second-order valence-electron chi connectivity index (χ2n) is 5.23. The van der Waals surface area contributed by atoms with E-state index < -0.39 is 0 Å². The Morgan fingerprint density at radius 2 is 2.15 bits per heavy atom. The average Bonchev–Trinajstić information content (AvgIpc) is 2.94. The number of aryl methyl sites for hydroxylation is 1. The Kier molecular flexibility index (Phi) is 5.94. The smallest absolute Gasteiger partial charge is 0.263 e. The zero-order valence-electron chi connectivity index (χ0n) is 12.4. The Morgan fingerprint density at radius 1 is 1.40 bits per heavy atom. The lowest BCUT2D eigenvalue weighted by Crippen LogP contribution is -2.45. The molecule has 0 aliphatic carbocycles. The van der Waals surface area contributed by atoms with E-state index in [-0.39, 0.29) is 5.91 Å². The fourth-order valence-corrected chi connectivity index (χ4v) is 3.02. The van der Waals surface area contributed by atoms with E-state index in [9.17, 15) is 4.79 Å². The number of likely N-dealkylation sites (N-methyl/N-ethyl adjacent to an activating group) is 1. The van der Waals surface area contributed by atoms with Crippen LogP contribution in [0.25, 0.3) is 0 Å². The number of amides is 1. The largest absolute Gasteiger partial charge is 0.351 e. The van der Waals surface area contributed by atoms with E-state index >= 15 is 0 Å². The van der Waals surface area contributed by atoms with Gasteiger partial charge in [0.05, 0.1) is 11.2 Å². The Hall–Kier alpha value is -0.980. The molecule has 1 fully saturated rings. The fourth-order valence-electron chi connectivity index (χ4n) is 2.24. The number of carbonyl (C=O) groups is 1. The number of thiazole rings is 1. The summed E-state index contributed by atoms with van der Waals surface area (Å²) in [5, 5.41) is 4.00. The Morgan fingerprint density at radius 3 is 2.80 bits per heavy atom. The third-order valence-electron chi connectivity index (χ3n) is 3.61. The van der Waals surface area contributed by atoms with Crippen LogP contribution in [0.4, 0.5) is 0 Å². The minimum Gasteiger partial charge on any atom is -0.351 e. The number of nitrogens with one attached hydrogen (secondary N) is 1. The second-order valence-corrected chi connectivity index (χ2v) is 6.34. The molecule has 1 aliphatic rings. The lowest BCUT2D eigenvalue weighted by atomic mass is 10.3. The van der Waals surface area contributed by atoms with Crippen LogP contribution in [0, 0.1) is 0 Å². The molecule has 2 rings (SSSR count). The van der Waals surface area contributed by atoms with Crippen LogP contribution in [-0.4, -0.2) is 67.0 Å². The average molecular weight is 296 g/mol. The summed E-state index contributed by atoms with van der Waals surface area (Å²) >= 11 is 1.49. The van der Waals surface area contributed by atoms with Crippen molar-refractivity contribution >= 4 is 17.2 Å². The molecule has 0 aromatic carbocycles. The van der Waals surface area contributed by atoms with Gasteiger partial charge in [-0.25, -0.2) is 4.98 Å². The van der Waals surface area contributed by atoms with Gasteiger partial charge in [0, 0.05) is 32.7 Å². The number of piperazine rings is 1. The standard InChI is InChI=1S/C14H24N4OS/c1-3-13-16-11-12(20-13)14(19)15-5-4-6-18-9-7-17(2)8-10-18/h11H,3-10H2,1-2H3,(H,15,19). The highest BCUT2D eigenvalue weighted by Crippen LogP contribution is 2.12. The molecule has 6 heteroatoms. The van der Waals surface area contributed by atoms with Gasteiger partial charge in [-0.05, 0) is 26.4 Å². The van der Waals surface area contributed by atoms with E-state index in [1.807, 2.05) is 0 Å². The molecular formula is C14H24N4OS. The molecule has 2 heterocycles. The van der Waals surface area contributed by atoms with Crippen LogP contribution in [0.2, 0.25) is 0 Å². The summed E-state index contributed by atoms with van der Waals surface area (Å²) in [5.74, 6) is 0.0144. The fraction of sp³-hybridized carbons (Fsp3) is 0.714. The molecule has 0 bridgehead atoms. The van der Waals surface area contributed by atoms with Crippen molar-refractivity contribution in [1.82, 2.24) is 20.1 Å². The van der Waals surface area contributed by atoms with Crippen LogP contribution in [0.5, 0.6) is 0 Å². The topological polar surface area (TPSA) is 48.5 Å². The summed E-state index contributed by atoms with van der Waals surface area (Å²) in [4.78, 5) is 21.7. The molecule has 1 aromatic heterocycles. The zero-order valence-corrected chi connectivity index (χ0v) is 13.2. The van der Waals surface area contributed by atoms with Crippen molar-refractivity contribution in [2.45, 2.75) is 19.8 Å². The minimum absolute atomic E-state index is 0.0144.